The quantitative estimate of drug-likeness (QED) is 0.880. The highest BCUT2D eigenvalue weighted by molar-refractivity contribution is 7.15. The van der Waals surface area contributed by atoms with Gasteiger partial charge in [-0.25, -0.2) is 4.98 Å². The summed E-state index contributed by atoms with van der Waals surface area (Å²) in [5, 5.41) is 4.31. The number of benzene rings is 1. The second-order valence-electron chi connectivity index (χ2n) is 4.15. The minimum absolute atomic E-state index is 0.865. The van der Waals surface area contributed by atoms with E-state index >= 15 is 0 Å². The number of hydrogen-bond donors (Lipinski definition) is 1. The zero-order valence-electron chi connectivity index (χ0n) is 11.5. The third-order valence-electron chi connectivity index (χ3n) is 2.84. The molecule has 1 N–H and O–H groups in total. The van der Waals surface area contributed by atoms with E-state index in [0.717, 1.165) is 29.7 Å². The molecule has 0 saturated heterocycles. The molecule has 1 aromatic heterocycles. The summed E-state index contributed by atoms with van der Waals surface area (Å²) in [6, 6.07) is 7.98. The van der Waals surface area contributed by atoms with Crippen LogP contribution in [0.25, 0.3) is 0 Å². The molecule has 0 aliphatic heterocycles. The maximum atomic E-state index is 5.16. The first-order valence-corrected chi connectivity index (χ1v) is 7.09. The lowest BCUT2D eigenvalue weighted by molar-refractivity contribution is 0.415. The summed E-state index contributed by atoms with van der Waals surface area (Å²) < 4.78 is 5.16. The zero-order chi connectivity index (χ0) is 13.7. The molecule has 1 aromatic carbocycles. The average molecular weight is 277 g/mol. The Morgan fingerprint density at radius 1 is 1.32 bits per heavy atom. The number of ether oxygens (including phenoxy) is 1. The van der Waals surface area contributed by atoms with Crippen LogP contribution < -0.4 is 15.0 Å². The molecule has 0 aliphatic carbocycles. The number of hydrogen-bond acceptors (Lipinski definition) is 5. The van der Waals surface area contributed by atoms with Gasteiger partial charge < -0.3 is 15.0 Å². The molecule has 19 heavy (non-hydrogen) atoms. The monoisotopic (exact) mass is 277 g/mol. The van der Waals surface area contributed by atoms with Crippen molar-refractivity contribution < 1.29 is 4.74 Å². The Labute approximate surface area is 118 Å². The molecule has 0 bridgehead atoms. The maximum absolute atomic E-state index is 5.16. The van der Waals surface area contributed by atoms with Gasteiger partial charge in [0.25, 0.3) is 0 Å². The van der Waals surface area contributed by atoms with Gasteiger partial charge in [-0.3, -0.25) is 0 Å². The van der Waals surface area contributed by atoms with Crippen LogP contribution in [0.15, 0.2) is 30.5 Å². The van der Waals surface area contributed by atoms with Crippen LogP contribution in [0.1, 0.15) is 11.8 Å². The smallest absolute Gasteiger partial charge is 0.189 e. The second-order valence-corrected chi connectivity index (χ2v) is 5.24. The van der Waals surface area contributed by atoms with Crippen molar-refractivity contribution in [3.63, 3.8) is 0 Å². The molecule has 0 atom stereocenters. The molecule has 0 fully saturated rings. The van der Waals surface area contributed by atoms with E-state index in [1.165, 1.54) is 4.88 Å². The number of anilines is 2. The van der Waals surface area contributed by atoms with Crippen molar-refractivity contribution in [3.8, 4) is 5.75 Å². The summed E-state index contributed by atoms with van der Waals surface area (Å²) >= 11 is 1.71. The van der Waals surface area contributed by atoms with Gasteiger partial charge in [-0.15, -0.1) is 11.3 Å². The van der Waals surface area contributed by atoms with Gasteiger partial charge in [0.1, 0.15) is 5.75 Å². The van der Waals surface area contributed by atoms with Crippen LogP contribution in [0.2, 0.25) is 0 Å². The molecule has 0 spiro atoms. The van der Waals surface area contributed by atoms with E-state index < -0.39 is 0 Å². The Kier molecular flexibility index (Phi) is 4.76. The lowest BCUT2D eigenvalue weighted by Gasteiger charge is -2.16. The summed E-state index contributed by atoms with van der Waals surface area (Å²) in [5.74, 6) is 0.865. The third kappa shape index (κ3) is 3.45. The number of rotatable bonds is 6. The number of methoxy groups -OCH3 is 1. The molecular weight excluding hydrogens is 258 g/mol. The lowest BCUT2D eigenvalue weighted by atomic mass is 10.3. The first-order valence-electron chi connectivity index (χ1n) is 6.27. The molecule has 4 nitrogen and oxygen atoms in total. The minimum atomic E-state index is 0.865. The third-order valence-corrected chi connectivity index (χ3v) is 3.91. The van der Waals surface area contributed by atoms with Crippen LogP contribution in [-0.4, -0.2) is 25.7 Å². The summed E-state index contributed by atoms with van der Waals surface area (Å²) in [6.07, 6.45) is 1.93. The predicted octanol–water partition coefficient (Wildman–Crippen LogP) is 3.03. The van der Waals surface area contributed by atoms with Crippen LogP contribution in [0.5, 0.6) is 5.75 Å². The highest BCUT2D eigenvalue weighted by Gasteiger charge is 2.09. The van der Waals surface area contributed by atoms with E-state index in [-0.39, 0.29) is 0 Å². The van der Waals surface area contributed by atoms with Crippen LogP contribution in [0.3, 0.4) is 0 Å². The first kappa shape index (κ1) is 13.8. The average Bonchev–Trinajstić information content (AvgIpc) is 2.93. The van der Waals surface area contributed by atoms with Crippen LogP contribution in [0.4, 0.5) is 10.8 Å². The van der Waals surface area contributed by atoms with Gasteiger partial charge in [0, 0.05) is 30.4 Å². The Morgan fingerprint density at radius 2 is 2.05 bits per heavy atom. The normalized spacial score (nSPS) is 10.5. The van der Waals surface area contributed by atoms with Gasteiger partial charge >= 0.3 is 0 Å². The van der Waals surface area contributed by atoms with E-state index in [0.29, 0.717) is 0 Å². The molecule has 102 valence electrons. The van der Waals surface area contributed by atoms with Gasteiger partial charge in [0.05, 0.1) is 7.11 Å². The fraction of sp³-hybridized carbons (Fsp3) is 0.357. The standard InChI is InChI=1S/C14H19N3OS/c1-4-15-9-13-10-16-14(19-13)17(2)11-5-7-12(18-3)8-6-11/h5-8,10,15H,4,9H2,1-3H3. The first-order chi connectivity index (χ1) is 9.24. The fourth-order valence-electron chi connectivity index (χ4n) is 1.70. The molecule has 0 unspecified atom stereocenters. The van der Waals surface area contributed by atoms with Crippen molar-refractivity contribution in [2.24, 2.45) is 0 Å². The number of nitrogens with one attached hydrogen (secondary N) is 1. The van der Waals surface area contributed by atoms with Gasteiger partial charge in [-0.05, 0) is 30.8 Å². The lowest BCUT2D eigenvalue weighted by Crippen LogP contribution is -2.10. The molecule has 0 saturated carbocycles. The number of aromatic nitrogens is 1. The van der Waals surface area contributed by atoms with E-state index in [1.807, 2.05) is 37.5 Å². The molecule has 2 aromatic rings. The molecular formula is C14H19N3OS. The Hall–Kier alpha value is -1.59. The van der Waals surface area contributed by atoms with E-state index in [1.54, 1.807) is 18.4 Å². The molecule has 1 heterocycles. The molecule has 2 rings (SSSR count). The highest BCUT2D eigenvalue weighted by Crippen LogP contribution is 2.29. The maximum Gasteiger partial charge on any atom is 0.189 e. The van der Waals surface area contributed by atoms with Crippen molar-refractivity contribution in [2.45, 2.75) is 13.5 Å². The van der Waals surface area contributed by atoms with Gasteiger partial charge in [-0.2, -0.15) is 0 Å². The van der Waals surface area contributed by atoms with Crippen LogP contribution >= 0.6 is 11.3 Å². The van der Waals surface area contributed by atoms with Gasteiger partial charge in [0.2, 0.25) is 0 Å². The summed E-state index contributed by atoms with van der Waals surface area (Å²) in [4.78, 5) is 7.79. The molecule has 0 amide bonds. The van der Waals surface area contributed by atoms with Crippen molar-refractivity contribution in [1.82, 2.24) is 10.3 Å². The SMILES string of the molecule is CCNCc1cnc(N(C)c2ccc(OC)cc2)s1. The minimum Gasteiger partial charge on any atom is -0.497 e. The molecule has 0 radical (unpaired) electrons. The van der Waals surface area contributed by atoms with Crippen molar-refractivity contribution in [1.29, 1.82) is 0 Å². The fourth-order valence-corrected chi connectivity index (χ4v) is 2.56. The Balaban J connectivity index is 2.09. The van der Waals surface area contributed by atoms with E-state index in [2.05, 4.69) is 22.1 Å². The van der Waals surface area contributed by atoms with Crippen molar-refractivity contribution in [3.05, 3.63) is 35.3 Å². The highest BCUT2D eigenvalue weighted by atomic mass is 32.1. The largest absolute Gasteiger partial charge is 0.497 e. The topological polar surface area (TPSA) is 37.4 Å². The summed E-state index contributed by atoms with van der Waals surface area (Å²) in [7, 11) is 3.70. The van der Waals surface area contributed by atoms with Crippen molar-refractivity contribution >= 4 is 22.2 Å². The molecule has 0 aliphatic rings. The van der Waals surface area contributed by atoms with E-state index in [9.17, 15) is 0 Å². The summed E-state index contributed by atoms with van der Waals surface area (Å²) in [5.41, 5.74) is 1.10. The Bertz CT molecular complexity index is 510. The zero-order valence-corrected chi connectivity index (χ0v) is 12.3. The van der Waals surface area contributed by atoms with Crippen LogP contribution in [0, 0.1) is 0 Å². The second kappa shape index (κ2) is 6.54. The number of thiazole rings is 1. The van der Waals surface area contributed by atoms with Crippen LogP contribution in [-0.2, 0) is 6.54 Å². The van der Waals surface area contributed by atoms with Gasteiger partial charge in [-0.1, -0.05) is 6.92 Å². The van der Waals surface area contributed by atoms with Gasteiger partial charge in [0.15, 0.2) is 5.13 Å². The summed E-state index contributed by atoms with van der Waals surface area (Å²) in [6.45, 7) is 3.96. The van der Waals surface area contributed by atoms with E-state index in [4.69, 9.17) is 4.74 Å². The number of nitrogens with zero attached hydrogens (tertiary/aromatic N) is 2. The molecule has 5 heteroatoms. The predicted molar refractivity (Wildman–Crippen MR) is 80.6 cm³/mol. The Morgan fingerprint density at radius 3 is 2.68 bits per heavy atom. The van der Waals surface area contributed by atoms with Crippen molar-refractivity contribution in [2.75, 3.05) is 25.6 Å².